The number of amides is 1. The lowest BCUT2D eigenvalue weighted by molar-refractivity contribution is -0.143. The third kappa shape index (κ3) is 5.23. The molecule has 1 amide bonds. The van der Waals surface area contributed by atoms with Gasteiger partial charge in [0.25, 0.3) is 5.91 Å². The number of fused-ring (bicyclic) bond motifs is 2. The minimum absolute atomic E-state index is 0.187. The maximum absolute atomic E-state index is 13.6. The number of para-hydroxylation sites is 1. The summed E-state index contributed by atoms with van der Waals surface area (Å²) in [5.41, 5.74) is 5.44. The number of rotatable bonds is 7. The molecule has 1 saturated carbocycles. The second-order valence-electron chi connectivity index (χ2n) is 10.3. The van der Waals surface area contributed by atoms with Crippen molar-refractivity contribution in [3.63, 3.8) is 0 Å². The predicted molar refractivity (Wildman–Crippen MR) is 149 cm³/mol. The maximum atomic E-state index is 13.6. The highest BCUT2D eigenvalue weighted by molar-refractivity contribution is 6.06. The first kappa shape index (κ1) is 24.7. The molecule has 0 saturated heterocycles. The number of nitrogens with one attached hydrogen (secondary N) is 1. The lowest BCUT2D eigenvalue weighted by Gasteiger charge is -2.26. The summed E-state index contributed by atoms with van der Waals surface area (Å²) in [7, 11) is 0. The van der Waals surface area contributed by atoms with E-state index < -0.39 is 5.97 Å². The quantitative estimate of drug-likeness (QED) is 0.301. The van der Waals surface area contributed by atoms with Gasteiger partial charge in [-0.2, -0.15) is 0 Å². The van der Waals surface area contributed by atoms with Gasteiger partial charge in [0.05, 0.1) is 29.2 Å². The summed E-state index contributed by atoms with van der Waals surface area (Å²) in [4.78, 5) is 29.7. The van der Waals surface area contributed by atoms with Gasteiger partial charge in [-0.3, -0.25) is 14.6 Å². The summed E-state index contributed by atoms with van der Waals surface area (Å²) in [5, 5.41) is 22.3. The lowest BCUT2D eigenvalue weighted by Crippen LogP contribution is -2.32. The van der Waals surface area contributed by atoms with E-state index in [0.29, 0.717) is 42.5 Å². The van der Waals surface area contributed by atoms with Crippen LogP contribution in [0.15, 0.2) is 78.9 Å². The fraction of sp³-hybridized carbons (Fsp3) is 0.258. The molecule has 196 valence electrons. The SMILES string of the molecule is O=C(NCC1CCC(C(=O)O)CC1)c1cc(-c2ccccc2)cc2nnn(Cc3ccc4ccccc4n3)c12. The van der Waals surface area contributed by atoms with Crippen LogP contribution in [0.5, 0.6) is 0 Å². The van der Waals surface area contributed by atoms with Gasteiger partial charge in [0.1, 0.15) is 11.0 Å². The number of hydrogen-bond acceptors (Lipinski definition) is 5. The van der Waals surface area contributed by atoms with Crippen LogP contribution in [0.25, 0.3) is 33.1 Å². The molecule has 0 spiro atoms. The second kappa shape index (κ2) is 10.6. The van der Waals surface area contributed by atoms with E-state index in [1.165, 1.54) is 0 Å². The van der Waals surface area contributed by atoms with E-state index in [-0.39, 0.29) is 17.7 Å². The Balaban J connectivity index is 1.31. The van der Waals surface area contributed by atoms with Crippen LogP contribution in [-0.4, -0.2) is 43.5 Å². The zero-order valence-electron chi connectivity index (χ0n) is 21.5. The molecule has 39 heavy (non-hydrogen) atoms. The number of aliphatic carboxylic acids is 1. The highest BCUT2D eigenvalue weighted by Crippen LogP contribution is 2.30. The van der Waals surface area contributed by atoms with Crippen molar-refractivity contribution in [2.45, 2.75) is 32.2 Å². The van der Waals surface area contributed by atoms with Crippen LogP contribution in [0.3, 0.4) is 0 Å². The monoisotopic (exact) mass is 519 g/mol. The molecule has 8 nitrogen and oxygen atoms in total. The van der Waals surface area contributed by atoms with Gasteiger partial charge in [0.2, 0.25) is 0 Å². The van der Waals surface area contributed by atoms with Gasteiger partial charge in [-0.25, -0.2) is 4.68 Å². The molecule has 0 aliphatic heterocycles. The van der Waals surface area contributed by atoms with Crippen molar-refractivity contribution in [3.8, 4) is 11.1 Å². The van der Waals surface area contributed by atoms with Crippen molar-refractivity contribution in [3.05, 3.63) is 90.1 Å². The van der Waals surface area contributed by atoms with Crippen molar-refractivity contribution in [2.75, 3.05) is 6.54 Å². The summed E-state index contributed by atoms with van der Waals surface area (Å²) in [6.07, 6.45) is 2.89. The number of carbonyl (C=O) groups is 2. The average molecular weight is 520 g/mol. The number of carboxylic acid groups (broad SMARTS) is 1. The Morgan fingerprint density at radius 2 is 1.64 bits per heavy atom. The first-order valence-corrected chi connectivity index (χ1v) is 13.3. The van der Waals surface area contributed by atoms with E-state index in [9.17, 15) is 14.7 Å². The molecule has 3 aromatic carbocycles. The molecule has 5 aromatic rings. The van der Waals surface area contributed by atoms with Crippen molar-refractivity contribution < 1.29 is 14.7 Å². The summed E-state index contributed by atoms with van der Waals surface area (Å²) < 4.78 is 1.74. The third-order valence-electron chi connectivity index (χ3n) is 7.68. The predicted octanol–water partition coefficient (Wildman–Crippen LogP) is 5.32. The molecule has 2 aromatic heterocycles. The smallest absolute Gasteiger partial charge is 0.306 e. The molecular weight excluding hydrogens is 490 g/mol. The summed E-state index contributed by atoms with van der Waals surface area (Å²) in [6.45, 7) is 0.890. The van der Waals surface area contributed by atoms with Crippen LogP contribution in [0.4, 0.5) is 0 Å². The number of aromatic nitrogens is 4. The summed E-state index contributed by atoms with van der Waals surface area (Å²) in [5.74, 6) is -0.919. The maximum Gasteiger partial charge on any atom is 0.306 e. The largest absolute Gasteiger partial charge is 0.481 e. The average Bonchev–Trinajstić information content (AvgIpc) is 3.38. The minimum Gasteiger partial charge on any atom is -0.481 e. The highest BCUT2D eigenvalue weighted by atomic mass is 16.4. The van der Waals surface area contributed by atoms with Crippen molar-refractivity contribution >= 4 is 33.8 Å². The molecule has 1 aliphatic carbocycles. The normalized spacial score (nSPS) is 17.3. The lowest BCUT2D eigenvalue weighted by atomic mass is 9.82. The number of pyridine rings is 1. The Morgan fingerprint density at radius 1 is 0.872 bits per heavy atom. The standard InChI is InChI=1S/C31H29N5O3/c37-30(32-18-20-10-12-23(13-11-20)31(38)39)26-16-24(21-6-2-1-3-7-21)17-28-29(26)36(35-34-28)19-25-15-14-22-8-4-5-9-27(22)33-25/h1-9,14-17,20,23H,10-13,18-19H2,(H,32,37)(H,38,39). The molecule has 0 radical (unpaired) electrons. The van der Waals surface area contributed by atoms with Crippen LogP contribution >= 0.6 is 0 Å². The van der Waals surface area contributed by atoms with Crippen molar-refractivity contribution in [2.24, 2.45) is 11.8 Å². The van der Waals surface area contributed by atoms with E-state index in [1.54, 1.807) is 4.68 Å². The molecule has 1 aliphatic rings. The Hall–Kier alpha value is -4.59. The fourth-order valence-corrected chi connectivity index (χ4v) is 5.49. The number of carboxylic acids is 1. The van der Waals surface area contributed by atoms with E-state index in [4.69, 9.17) is 4.98 Å². The first-order chi connectivity index (χ1) is 19.0. The van der Waals surface area contributed by atoms with Crippen LogP contribution < -0.4 is 5.32 Å². The van der Waals surface area contributed by atoms with Crippen molar-refractivity contribution in [1.82, 2.24) is 25.3 Å². The Morgan fingerprint density at radius 3 is 2.44 bits per heavy atom. The van der Waals surface area contributed by atoms with Gasteiger partial charge in [-0.15, -0.1) is 5.10 Å². The zero-order valence-corrected chi connectivity index (χ0v) is 21.5. The second-order valence-corrected chi connectivity index (χ2v) is 10.3. The highest BCUT2D eigenvalue weighted by Gasteiger charge is 2.26. The first-order valence-electron chi connectivity index (χ1n) is 13.3. The van der Waals surface area contributed by atoms with Crippen LogP contribution in [0.2, 0.25) is 0 Å². The van der Waals surface area contributed by atoms with E-state index in [1.807, 2.05) is 78.9 Å². The van der Waals surface area contributed by atoms with Gasteiger partial charge in [0, 0.05) is 11.9 Å². The Bertz CT molecular complexity index is 1660. The molecule has 1 fully saturated rings. The van der Waals surface area contributed by atoms with Gasteiger partial charge in [0.15, 0.2) is 0 Å². The van der Waals surface area contributed by atoms with E-state index in [0.717, 1.165) is 40.6 Å². The molecule has 0 unspecified atom stereocenters. The fourth-order valence-electron chi connectivity index (χ4n) is 5.49. The van der Waals surface area contributed by atoms with Gasteiger partial charge in [-0.1, -0.05) is 59.8 Å². The number of carbonyl (C=O) groups excluding carboxylic acids is 1. The Labute approximate surface area is 225 Å². The van der Waals surface area contributed by atoms with Gasteiger partial charge in [-0.05, 0) is 67.0 Å². The number of benzene rings is 3. The minimum atomic E-state index is -0.723. The van der Waals surface area contributed by atoms with E-state index >= 15 is 0 Å². The van der Waals surface area contributed by atoms with Crippen LogP contribution in [0, 0.1) is 11.8 Å². The topological polar surface area (TPSA) is 110 Å². The van der Waals surface area contributed by atoms with Crippen LogP contribution in [0.1, 0.15) is 41.7 Å². The molecule has 6 rings (SSSR count). The molecule has 8 heteroatoms. The summed E-state index contributed by atoms with van der Waals surface area (Å²) >= 11 is 0. The van der Waals surface area contributed by atoms with Crippen molar-refractivity contribution in [1.29, 1.82) is 0 Å². The number of nitrogens with zero attached hydrogens (tertiary/aromatic N) is 4. The van der Waals surface area contributed by atoms with Gasteiger partial charge < -0.3 is 10.4 Å². The molecular formula is C31H29N5O3. The summed E-state index contributed by atoms with van der Waals surface area (Å²) in [6, 6.07) is 25.7. The van der Waals surface area contributed by atoms with Gasteiger partial charge >= 0.3 is 5.97 Å². The zero-order chi connectivity index (χ0) is 26.8. The number of hydrogen-bond donors (Lipinski definition) is 2. The van der Waals surface area contributed by atoms with E-state index in [2.05, 4.69) is 15.6 Å². The third-order valence-corrected chi connectivity index (χ3v) is 7.68. The molecule has 2 heterocycles. The molecule has 0 atom stereocenters. The molecule has 0 bridgehead atoms. The van der Waals surface area contributed by atoms with Crippen LogP contribution in [-0.2, 0) is 11.3 Å². The molecule has 2 N–H and O–H groups in total. The Kier molecular flexibility index (Phi) is 6.75.